The molecule has 3 aliphatic rings. The lowest BCUT2D eigenvalue weighted by Crippen LogP contribution is -2.31. The van der Waals surface area contributed by atoms with E-state index in [2.05, 4.69) is 169 Å². The van der Waals surface area contributed by atoms with Gasteiger partial charge in [0.15, 0.2) is 0 Å². The fourth-order valence-corrected chi connectivity index (χ4v) is 8.36. The first-order chi connectivity index (χ1) is 24.3. The zero-order valence-corrected chi connectivity index (χ0v) is 26.7. The molecule has 2 aliphatic carbocycles. The first kappa shape index (κ1) is 27.9. The molecule has 0 N–H and O–H groups in total. The Morgan fingerprint density at radius 2 is 1.20 bits per heavy atom. The molecule has 0 saturated heterocycles. The average molecular weight is 626 g/mol. The molecule has 0 saturated carbocycles. The summed E-state index contributed by atoms with van der Waals surface area (Å²) in [5, 5.41) is 2.19. The van der Waals surface area contributed by atoms with Gasteiger partial charge in [0, 0.05) is 28.5 Å². The Kier molecular flexibility index (Phi) is 6.22. The second kappa shape index (κ2) is 10.9. The molecule has 2 atom stereocenters. The highest BCUT2D eigenvalue weighted by Crippen LogP contribution is 2.58. The summed E-state index contributed by atoms with van der Waals surface area (Å²) in [6.07, 6.45) is 11.1. The maximum atomic E-state index is 5.36. The Balaban J connectivity index is 1.02. The van der Waals surface area contributed by atoms with Crippen molar-refractivity contribution in [2.24, 2.45) is 10.9 Å². The lowest BCUT2D eigenvalue weighted by atomic mass is 9.65. The zero-order chi connectivity index (χ0) is 32.4. The largest absolute Gasteiger partial charge is 0.276 e. The van der Waals surface area contributed by atoms with Crippen LogP contribution in [-0.4, -0.2) is 21.7 Å². The van der Waals surface area contributed by atoms with Gasteiger partial charge >= 0.3 is 0 Å². The summed E-state index contributed by atoms with van der Waals surface area (Å²) in [5.74, 6) is 0.156. The number of pyridine rings is 2. The summed E-state index contributed by atoms with van der Waals surface area (Å²) < 4.78 is 0. The predicted molar refractivity (Wildman–Crippen MR) is 201 cm³/mol. The van der Waals surface area contributed by atoms with Gasteiger partial charge in [-0.25, -0.2) is 4.98 Å². The topological polar surface area (TPSA) is 38.1 Å². The van der Waals surface area contributed by atoms with Crippen LogP contribution in [0.3, 0.4) is 0 Å². The third kappa shape index (κ3) is 4.19. The molecule has 3 nitrogen and oxygen atoms in total. The van der Waals surface area contributed by atoms with Gasteiger partial charge in [-0.05, 0) is 57.2 Å². The average Bonchev–Trinajstić information content (AvgIpc) is 3.49. The van der Waals surface area contributed by atoms with Gasteiger partial charge in [0.1, 0.15) is 0 Å². The van der Waals surface area contributed by atoms with Crippen molar-refractivity contribution in [3.05, 3.63) is 209 Å². The number of allylic oxidation sites excluding steroid dienone is 3. The number of dihydropyridines is 1. The summed E-state index contributed by atoms with van der Waals surface area (Å²) in [6.45, 7) is 0. The van der Waals surface area contributed by atoms with E-state index in [9.17, 15) is 0 Å². The van der Waals surface area contributed by atoms with E-state index in [0.29, 0.717) is 0 Å². The number of aliphatic imine (C=N–C) groups is 1. The summed E-state index contributed by atoms with van der Waals surface area (Å²) >= 11 is 0. The molecule has 7 aromatic rings. The molecular formula is C46H31N3. The lowest BCUT2D eigenvalue weighted by molar-refractivity contribution is 0.680. The summed E-state index contributed by atoms with van der Waals surface area (Å²) in [7, 11) is 0. The molecule has 3 heterocycles. The normalized spacial score (nSPS) is 18.7. The van der Waals surface area contributed by atoms with Crippen LogP contribution >= 0.6 is 0 Å². The molecule has 3 heteroatoms. The molecule has 2 unspecified atom stereocenters. The van der Waals surface area contributed by atoms with Gasteiger partial charge in [0.2, 0.25) is 0 Å². The van der Waals surface area contributed by atoms with Crippen molar-refractivity contribution in [1.29, 1.82) is 0 Å². The van der Waals surface area contributed by atoms with Crippen LogP contribution in [0.5, 0.6) is 0 Å². The van der Waals surface area contributed by atoms with E-state index < -0.39 is 0 Å². The smallest absolute Gasteiger partial charge is 0.0972 e. The Bertz CT molecular complexity index is 2500. The molecule has 230 valence electrons. The number of fused-ring (bicyclic) bond motifs is 7. The van der Waals surface area contributed by atoms with Crippen LogP contribution in [0, 0.1) is 5.92 Å². The van der Waals surface area contributed by atoms with Crippen molar-refractivity contribution in [1.82, 2.24) is 9.97 Å². The van der Waals surface area contributed by atoms with Gasteiger partial charge in [-0.3, -0.25) is 9.98 Å². The van der Waals surface area contributed by atoms with Crippen LogP contribution in [0.4, 0.5) is 0 Å². The van der Waals surface area contributed by atoms with Crippen LogP contribution in [0.1, 0.15) is 27.8 Å². The highest BCUT2D eigenvalue weighted by atomic mass is 14.8. The summed E-state index contributed by atoms with van der Waals surface area (Å²) in [6, 6.07) is 52.2. The van der Waals surface area contributed by atoms with Crippen LogP contribution in [-0.2, 0) is 5.41 Å². The number of nitrogens with zero attached hydrogens (tertiary/aromatic N) is 3. The van der Waals surface area contributed by atoms with Gasteiger partial charge < -0.3 is 0 Å². The van der Waals surface area contributed by atoms with Gasteiger partial charge in [0.05, 0.1) is 33.9 Å². The molecule has 0 fully saturated rings. The van der Waals surface area contributed by atoms with E-state index >= 15 is 0 Å². The number of rotatable bonds is 4. The highest BCUT2D eigenvalue weighted by molar-refractivity contribution is 6.10. The zero-order valence-electron chi connectivity index (χ0n) is 26.7. The predicted octanol–water partition coefficient (Wildman–Crippen LogP) is 10.2. The van der Waals surface area contributed by atoms with Crippen molar-refractivity contribution >= 4 is 33.1 Å². The van der Waals surface area contributed by atoms with Crippen molar-refractivity contribution in [3.8, 4) is 11.3 Å². The van der Waals surface area contributed by atoms with E-state index in [1.165, 1.54) is 33.4 Å². The first-order valence-corrected chi connectivity index (χ1v) is 16.9. The molecule has 0 bridgehead atoms. The van der Waals surface area contributed by atoms with Crippen molar-refractivity contribution in [2.75, 3.05) is 0 Å². The fourth-order valence-electron chi connectivity index (χ4n) is 8.36. The van der Waals surface area contributed by atoms with E-state index in [0.717, 1.165) is 44.3 Å². The Labute approximate surface area is 285 Å². The third-order valence-corrected chi connectivity index (χ3v) is 10.5. The van der Waals surface area contributed by atoms with E-state index in [-0.39, 0.29) is 17.4 Å². The second-order valence-electron chi connectivity index (χ2n) is 13.1. The standard InChI is InChI=1S/C46H31N3/c1-3-11-34(12-4-1)46(35-13-5-2-6-14-35)38-16-8-7-15-36(38)43-37-24-27-40(48-42(37)28-25-39(43)46)30-17-19-31(20-18-30)41-26-23-33-22-21-32-10-9-29-47-44(32)45(33)49-41/h1-29,37,42H. The molecule has 5 aromatic carbocycles. The number of aromatic nitrogens is 2. The molecule has 1 aliphatic heterocycles. The molecule has 49 heavy (non-hydrogen) atoms. The Morgan fingerprint density at radius 3 is 1.98 bits per heavy atom. The van der Waals surface area contributed by atoms with Gasteiger partial charge in [-0.1, -0.05) is 152 Å². The maximum Gasteiger partial charge on any atom is 0.0972 e. The second-order valence-corrected chi connectivity index (χ2v) is 13.1. The number of hydrogen-bond donors (Lipinski definition) is 0. The molecule has 0 radical (unpaired) electrons. The van der Waals surface area contributed by atoms with Gasteiger partial charge in [0.25, 0.3) is 0 Å². The molecule has 2 aromatic heterocycles. The van der Waals surface area contributed by atoms with Crippen molar-refractivity contribution in [3.63, 3.8) is 0 Å². The Hall–Kier alpha value is -6.19. The minimum Gasteiger partial charge on any atom is -0.276 e. The quantitative estimate of drug-likeness (QED) is 0.183. The molecular weight excluding hydrogens is 595 g/mol. The summed E-state index contributed by atoms with van der Waals surface area (Å²) in [4.78, 5) is 15.0. The third-order valence-electron chi connectivity index (χ3n) is 10.5. The number of benzene rings is 5. The SMILES string of the molecule is C1=CC2C3=C(C=CC2N=C1c1ccc(-c2ccc4ccc5cccnc5c4n2)cc1)C(c1ccccc1)(c1ccccc1)c1ccccc13. The maximum absolute atomic E-state index is 5.36. The van der Waals surface area contributed by atoms with Crippen molar-refractivity contribution < 1.29 is 0 Å². The Morgan fingerprint density at radius 1 is 0.531 bits per heavy atom. The van der Waals surface area contributed by atoms with E-state index in [1.807, 2.05) is 12.3 Å². The van der Waals surface area contributed by atoms with Crippen LogP contribution in [0.15, 0.2) is 187 Å². The molecule has 0 spiro atoms. The van der Waals surface area contributed by atoms with Gasteiger partial charge in [-0.15, -0.1) is 0 Å². The monoisotopic (exact) mass is 625 g/mol. The fraction of sp³-hybridized carbons (Fsp3) is 0.0652. The van der Waals surface area contributed by atoms with Crippen molar-refractivity contribution in [2.45, 2.75) is 11.5 Å². The summed E-state index contributed by atoms with van der Waals surface area (Å²) in [5.41, 5.74) is 13.6. The van der Waals surface area contributed by atoms with Crippen LogP contribution in [0.25, 0.3) is 38.6 Å². The minimum atomic E-state index is -0.386. The lowest BCUT2D eigenvalue weighted by Gasteiger charge is -2.36. The van der Waals surface area contributed by atoms with E-state index in [1.54, 1.807) is 0 Å². The highest BCUT2D eigenvalue weighted by Gasteiger charge is 2.50. The van der Waals surface area contributed by atoms with Crippen LogP contribution < -0.4 is 0 Å². The van der Waals surface area contributed by atoms with Crippen LogP contribution in [0.2, 0.25) is 0 Å². The molecule has 0 amide bonds. The number of hydrogen-bond acceptors (Lipinski definition) is 3. The first-order valence-electron chi connectivity index (χ1n) is 16.9. The molecule has 10 rings (SSSR count). The minimum absolute atomic E-state index is 0.0248. The van der Waals surface area contributed by atoms with Gasteiger partial charge in [-0.2, -0.15) is 0 Å². The van der Waals surface area contributed by atoms with E-state index in [4.69, 9.17) is 9.98 Å².